The monoisotopic (exact) mass is 420 g/mol. The molecule has 1 fully saturated rings. The molecular weight excluding hydrogens is 392 g/mol. The van der Waals surface area contributed by atoms with Crippen LogP contribution in [0.15, 0.2) is 53.6 Å². The van der Waals surface area contributed by atoms with Crippen LogP contribution in [0.2, 0.25) is 0 Å². The van der Waals surface area contributed by atoms with Gasteiger partial charge in [-0.05, 0) is 17.5 Å². The molecule has 1 aliphatic heterocycles. The van der Waals surface area contributed by atoms with Crippen molar-refractivity contribution in [2.45, 2.75) is 26.9 Å². The van der Waals surface area contributed by atoms with E-state index in [9.17, 15) is 9.59 Å². The van der Waals surface area contributed by atoms with E-state index in [1.807, 2.05) is 41.3 Å². The Hall–Kier alpha value is -3.42. The third kappa shape index (κ3) is 4.68. The van der Waals surface area contributed by atoms with E-state index in [-0.39, 0.29) is 11.6 Å². The molecule has 1 aliphatic rings. The highest BCUT2D eigenvalue weighted by Gasteiger charge is 2.25. The smallest absolute Gasteiger partial charge is 0.317 e. The molecule has 0 unspecified atom stereocenters. The van der Waals surface area contributed by atoms with Gasteiger partial charge in [-0.1, -0.05) is 44.2 Å². The molecule has 3 heterocycles. The molecule has 0 saturated carbocycles. The van der Waals surface area contributed by atoms with Crippen LogP contribution in [0.3, 0.4) is 0 Å². The molecule has 162 valence electrons. The highest BCUT2D eigenvalue weighted by atomic mass is 16.2. The van der Waals surface area contributed by atoms with Gasteiger partial charge in [0, 0.05) is 45.5 Å². The molecule has 0 spiro atoms. The summed E-state index contributed by atoms with van der Waals surface area (Å²) < 4.78 is 1.77. The van der Waals surface area contributed by atoms with Crippen LogP contribution in [-0.4, -0.2) is 51.6 Å². The van der Waals surface area contributed by atoms with Crippen molar-refractivity contribution in [3.8, 4) is 0 Å². The first kappa shape index (κ1) is 20.8. The molecule has 0 aliphatic carbocycles. The van der Waals surface area contributed by atoms with Crippen LogP contribution >= 0.6 is 0 Å². The number of pyridine rings is 1. The van der Waals surface area contributed by atoms with Gasteiger partial charge in [-0.2, -0.15) is 0 Å². The summed E-state index contributed by atoms with van der Waals surface area (Å²) in [7, 11) is 0. The van der Waals surface area contributed by atoms with Gasteiger partial charge in [-0.25, -0.2) is 9.78 Å². The summed E-state index contributed by atoms with van der Waals surface area (Å²) in [4.78, 5) is 38.4. The van der Waals surface area contributed by atoms with Gasteiger partial charge in [0.15, 0.2) is 5.82 Å². The summed E-state index contributed by atoms with van der Waals surface area (Å²) in [6, 6.07) is 11.6. The second kappa shape index (κ2) is 9.16. The second-order valence-electron chi connectivity index (χ2n) is 8.23. The lowest BCUT2D eigenvalue weighted by Crippen LogP contribution is -2.53. The first-order valence-electron chi connectivity index (χ1n) is 10.7. The Bertz CT molecular complexity index is 1100. The zero-order valence-corrected chi connectivity index (χ0v) is 18.0. The first-order valence-corrected chi connectivity index (χ1v) is 10.7. The Labute approximate surface area is 181 Å². The average Bonchev–Trinajstić information content (AvgIpc) is 2.80. The van der Waals surface area contributed by atoms with Crippen molar-refractivity contribution in [1.29, 1.82) is 0 Å². The predicted octanol–water partition coefficient (Wildman–Crippen LogP) is 2.48. The SMILES string of the molecule is CC(C)Cn1c(=O)c(N2CCN(C(=O)NCc3ccccc3)CC2)nc2ccncc21. The molecular formula is C23H28N6O2. The maximum Gasteiger partial charge on any atom is 0.317 e. The number of nitrogens with zero attached hydrogens (tertiary/aromatic N) is 5. The van der Waals surface area contributed by atoms with Gasteiger partial charge in [-0.15, -0.1) is 0 Å². The van der Waals surface area contributed by atoms with Crippen LogP contribution < -0.4 is 15.8 Å². The van der Waals surface area contributed by atoms with Crippen LogP contribution in [0, 0.1) is 5.92 Å². The highest BCUT2D eigenvalue weighted by Crippen LogP contribution is 2.16. The summed E-state index contributed by atoms with van der Waals surface area (Å²) >= 11 is 0. The number of hydrogen-bond acceptors (Lipinski definition) is 5. The molecule has 0 atom stereocenters. The van der Waals surface area contributed by atoms with Crippen LogP contribution in [0.25, 0.3) is 11.0 Å². The molecule has 4 rings (SSSR count). The van der Waals surface area contributed by atoms with Crippen LogP contribution in [0.4, 0.5) is 10.6 Å². The highest BCUT2D eigenvalue weighted by molar-refractivity contribution is 5.76. The number of aromatic nitrogens is 3. The molecule has 0 bridgehead atoms. The molecule has 31 heavy (non-hydrogen) atoms. The van der Waals surface area contributed by atoms with Crippen LogP contribution in [0.5, 0.6) is 0 Å². The maximum absolute atomic E-state index is 13.2. The van der Waals surface area contributed by atoms with Crippen molar-refractivity contribution in [3.05, 3.63) is 64.7 Å². The van der Waals surface area contributed by atoms with Crippen LogP contribution in [-0.2, 0) is 13.1 Å². The summed E-state index contributed by atoms with van der Waals surface area (Å²) in [6.07, 6.45) is 3.39. The lowest BCUT2D eigenvalue weighted by Gasteiger charge is -2.35. The summed E-state index contributed by atoms with van der Waals surface area (Å²) in [5.41, 5.74) is 2.48. The lowest BCUT2D eigenvalue weighted by atomic mass is 10.2. The number of anilines is 1. The number of benzene rings is 1. The summed E-state index contributed by atoms with van der Waals surface area (Å²) in [5, 5.41) is 2.97. The number of hydrogen-bond donors (Lipinski definition) is 1. The minimum atomic E-state index is -0.101. The van der Waals surface area contributed by atoms with E-state index >= 15 is 0 Å². The quantitative estimate of drug-likeness (QED) is 0.686. The Kier molecular flexibility index (Phi) is 6.16. The second-order valence-corrected chi connectivity index (χ2v) is 8.23. The summed E-state index contributed by atoms with van der Waals surface area (Å²) in [6.45, 7) is 7.50. The Balaban J connectivity index is 1.46. The van der Waals surface area contributed by atoms with Gasteiger partial charge < -0.3 is 19.7 Å². The van der Waals surface area contributed by atoms with E-state index in [0.29, 0.717) is 51.0 Å². The Morgan fingerprint density at radius 3 is 2.55 bits per heavy atom. The average molecular weight is 421 g/mol. The standard InChI is InChI=1S/C23H28N6O2/c1-17(2)16-29-20-15-24-9-8-19(20)26-21(22(29)30)27-10-12-28(13-11-27)23(31)25-14-18-6-4-3-5-7-18/h3-9,15,17H,10-14,16H2,1-2H3,(H,25,31). The molecule has 1 N–H and O–H groups in total. The minimum absolute atomic E-state index is 0.0849. The Morgan fingerprint density at radius 2 is 1.84 bits per heavy atom. The Morgan fingerprint density at radius 1 is 1.10 bits per heavy atom. The lowest BCUT2D eigenvalue weighted by molar-refractivity contribution is 0.193. The van der Waals surface area contributed by atoms with Gasteiger partial charge in [0.05, 0.1) is 17.2 Å². The first-order chi connectivity index (χ1) is 15.0. The largest absolute Gasteiger partial charge is 0.348 e. The third-order valence-corrected chi connectivity index (χ3v) is 5.43. The van der Waals surface area contributed by atoms with Crippen molar-refractivity contribution in [1.82, 2.24) is 24.8 Å². The van der Waals surface area contributed by atoms with Gasteiger partial charge in [0.25, 0.3) is 5.56 Å². The fourth-order valence-electron chi connectivity index (χ4n) is 3.83. The minimum Gasteiger partial charge on any atom is -0.348 e. The maximum atomic E-state index is 13.2. The number of nitrogens with one attached hydrogen (secondary N) is 1. The number of rotatable bonds is 5. The van der Waals surface area contributed by atoms with E-state index in [0.717, 1.165) is 16.6 Å². The van der Waals surface area contributed by atoms with Crippen molar-refractivity contribution in [3.63, 3.8) is 0 Å². The number of amides is 2. The van der Waals surface area contributed by atoms with Gasteiger partial charge in [0.1, 0.15) is 0 Å². The normalized spacial score (nSPS) is 14.3. The van der Waals surface area contributed by atoms with E-state index in [2.05, 4.69) is 29.1 Å². The van der Waals surface area contributed by atoms with Crippen molar-refractivity contribution >= 4 is 22.9 Å². The number of fused-ring (bicyclic) bond motifs is 1. The van der Waals surface area contributed by atoms with Gasteiger partial charge in [0.2, 0.25) is 0 Å². The summed E-state index contributed by atoms with van der Waals surface area (Å²) in [5.74, 6) is 0.769. The molecule has 1 aromatic carbocycles. The molecule has 2 aromatic heterocycles. The number of urea groups is 1. The van der Waals surface area contributed by atoms with Crippen molar-refractivity contribution < 1.29 is 4.79 Å². The number of carbonyl (C=O) groups is 1. The molecule has 8 nitrogen and oxygen atoms in total. The molecule has 1 saturated heterocycles. The zero-order chi connectivity index (χ0) is 21.8. The zero-order valence-electron chi connectivity index (χ0n) is 18.0. The van der Waals surface area contributed by atoms with Gasteiger partial charge in [-0.3, -0.25) is 9.78 Å². The van der Waals surface area contributed by atoms with Gasteiger partial charge >= 0.3 is 6.03 Å². The predicted molar refractivity (Wildman–Crippen MR) is 121 cm³/mol. The van der Waals surface area contributed by atoms with E-state index in [1.54, 1.807) is 21.9 Å². The number of piperazine rings is 1. The van der Waals surface area contributed by atoms with Crippen LogP contribution in [0.1, 0.15) is 19.4 Å². The fourth-order valence-corrected chi connectivity index (χ4v) is 3.83. The van der Waals surface area contributed by atoms with E-state index < -0.39 is 0 Å². The van der Waals surface area contributed by atoms with E-state index in [1.165, 1.54) is 0 Å². The van der Waals surface area contributed by atoms with Crippen molar-refractivity contribution in [2.24, 2.45) is 5.92 Å². The van der Waals surface area contributed by atoms with E-state index in [4.69, 9.17) is 0 Å². The molecule has 2 amide bonds. The number of carbonyl (C=O) groups excluding carboxylic acids is 1. The van der Waals surface area contributed by atoms with Crippen molar-refractivity contribution in [2.75, 3.05) is 31.1 Å². The topological polar surface area (TPSA) is 83.4 Å². The molecule has 3 aromatic rings. The molecule has 0 radical (unpaired) electrons. The fraction of sp³-hybridized carbons (Fsp3) is 0.391. The molecule has 8 heteroatoms. The third-order valence-electron chi connectivity index (χ3n) is 5.43.